The first-order valence-electron chi connectivity index (χ1n) is 6.63. The van der Waals surface area contributed by atoms with Gasteiger partial charge in [-0.2, -0.15) is 5.26 Å². The minimum absolute atomic E-state index is 0.245. The lowest BCUT2D eigenvalue weighted by molar-refractivity contribution is -0.131. The fourth-order valence-electron chi connectivity index (χ4n) is 2.20. The molecule has 5 heteroatoms. The first-order chi connectivity index (χ1) is 9.24. The van der Waals surface area contributed by atoms with Crippen LogP contribution in [0.3, 0.4) is 0 Å². The fraction of sp³-hybridized carbons (Fsp3) is 0.500. The highest BCUT2D eigenvalue weighted by molar-refractivity contribution is 5.76. The van der Waals surface area contributed by atoms with Gasteiger partial charge in [0.1, 0.15) is 11.9 Å². The molecule has 100 valence electrons. The third kappa shape index (κ3) is 3.22. The van der Waals surface area contributed by atoms with Crippen LogP contribution in [0.1, 0.15) is 25.3 Å². The highest BCUT2D eigenvalue weighted by Crippen LogP contribution is 2.14. The molecule has 1 aliphatic rings. The molecule has 1 amide bonds. The Labute approximate surface area is 113 Å². The molecule has 1 saturated heterocycles. The quantitative estimate of drug-likeness (QED) is 0.822. The van der Waals surface area contributed by atoms with Crippen molar-refractivity contribution in [1.82, 2.24) is 9.88 Å². The van der Waals surface area contributed by atoms with Gasteiger partial charge in [0, 0.05) is 38.8 Å². The molecule has 0 saturated carbocycles. The van der Waals surface area contributed by atoms with Crippen LogP contribution in [-0.4, -0.2) is 42.0 Å². The van der Waals surface area contributed by atoms with E-state index in [0.717, 1.165) is 38.4 Å². The number of anilines is 1. The van der Waals surface area contributed by atoms with Crippen molar-refractivity contribution in [2.45, 2.75) is 19.8 Å². The normalized spacial score (nSPS) is 15.2. The lowest BCUT2D eigenvalue weighted by Gasteiger charge is -2.35. The summed E-state index contributed by atoms with van der Waals surface area (Å²) < 4.78 is 0. The molecule has 0 aromatic carbocycles. The van der Waals surface area contributed by atoms with E-state index in [9.17, 15) is 4.79 Å². The molecule has 1 aromatic rings. The Morgan fingerprint density at radius 3 is 2.63 bits per heavy atom. The summed E-state index contributed by atoms with van der Waals surface area (Å²) >= 11 is 0. The van der Waals surface area contributed by atoms with E-state index < -0.39 is 0 Å². The minimum atomic E-state index is 0.245. The fourth-order valence-corrected chi connectivity index (χ4v) is 2.20. The van der Waals surface area contributed by atoms with Gasteiger partial charge in [-0.3, -0.25) is 4.79 Å². The number of nitrogens with zero attached hydrogens (tertiary/aromatic N) is 4. The second-order valence-electron chi connectivity index (χ2n) is 4.63. The minimum Gasteiger partial charge on any atom is -0.353 e. The van der Waals surface area contributed by atoms with Gasteiger partial charge in [0.25, 0.3) is 0 Å². The van der Waals surface area contributed by atoms with E-state index in [1.807, 2.05) is 17.9 Å². The smallest absolute Gasteiger partial charge is 0.222 e. The highest BCUT2D eigenvalue weighted by atomic mass is 16.2. The monoisotopic (exact) mass is 258 g/mol. The van der Waals surface area contributed by atoms with E-state index >= 15 is 0 Å². The zero-order valence-corrected chi connectivity index (χ0v) is 11.2. The zero-order chi connectivity index (χ0) is 13.7. The molecular formula is C14H18N4O. The van der Waals surface area contributed by atoms with Crippen LogP contribution in [0.2, 0.25) is 0 Å². The zero-order valence-electron chi connectivity index (χ0n) is 11.2. The van der Waals surface area contributed by atoms with Gasteiger partial charge in [0.15, 0.2) is 0 Å². The van der Waals surface area contributed by atoms with Crippen LogP contribution < -0.4 is 4.90 Å². The summed E-state index contributed by atoms with van der Waals surface area (Å²) in [5.74, 6) is 1.12. The maximum atomic E-state index is 11.8. The third-order valence-electron chi connectivity index (χ3n) is 3.30. The molecule has 5 nitrogen and oxygen atoms in total. The van der Waals surface area contributed by atoms with Crippen LogP contribution >= 0.6 is 0 Å². The molecular weight excluding hydrogens is 240 g/mol. The molecule has 0 radical (unpaired) electrons. The van der Waals surface area contributed by atoms with E-state index in [1.54, 1.807) is 12.3 Å². The van der Waals surface area contributed by atoms with Gasteiger partial charge in [-0.05, 0) is 18.6 Å². The van der Waals surface area contributed by atoms with Gasteiger partial charge in [0.05, 0.1) is 5.56 Å². The SMILES string of the molecule is CCCC(=O)N1CCN(c2ccc(C#N)cn2)CC1. The van der Waals surface area contributed by atoms with Gasteiger partial charge in [-0.1, -0.05) is 6.92 Å². The van der Waals surface area contributed by atoms with Crippen LogP contribution in [-0.2, 0) is 4.79 Å². The Morgan fingerprint density at radius 1 is 1.37 bits per heavy atom. The van der Waals surface area contributed by atoms with Crippen LogP contribution in [0.25, 0.3) is 0 Å². The topological polar surface area (TPSA) is 60.2 Å². The molecule has 0 aliphatic carbocycles. The summed E-state index contributed by atoms with van der Waals surface area (Å²) in [5, 5.41) is 8.74. The molecule has 1 fully saturated rings. The summed E-state index contributed by atoms with van der Waals surface area (Å²) in [6, 6.07) is 5.70. The highest BCUT2D eigenvalue weighted by Gasteiger charge is 2.20. The first kappa shape index (κ1) is 13.3. The van der Waals surface area contributed by atoms with E-state index in [1.165, 1.54) is 0 Å². The molecule has 0 atom stereocenters. The molecule has 0 unspecified atom stereocenters. The maximum absolute atomic E-state index is 11.8. The summed E-state index contributed by atoms with van der Waals surface area (Å²) in [6.45, 7) is 5.12. The summed E-state index contributed by atoms with van der Waals surface area (Å²) in [6.07, 6.45) is 3.12. The van der Waals surface area contributed by atoms with E-state index in [0.29, 0.717) is 12.0 Å². The van der Waals surface area contributed by atoms with Crippen LogP contribution in [0.5, 0.6) is 0 Å². The molecule has 2 heterocycles. The molecule has 1 aromatic heterocycles. The average Bonchev–Trinajstić information content (AvgIpc) is 2.48. The Balaban J connectivity index is 1.92. The van der Waals surface area contributed by atoms with Gasteiger partial charge in [-0.25, -0.2) is 4.98 Å². The van der Waals surface area contributed by atoms with Crippen LogP contribution in [0.15, 0.2) is 18.3 Å². The van der Waals surface area contributed by atoms with Crippen molar-refractivity contribution in [3.05, 3.63) is 23.9 Å². The largest absolute Gasteiger partial charge is 0.353 e. The van der Waals surface area contributed by atoms with Crippen molar-refractivity contribution < 1.29 is 4.79 Å². The first-order valence-corrected chi connectivity index (χ1v) is 6.63. The Morgan fingerprint density at radius 2 is 2.11 bits per heavy atom. The number of hydrogen-bond donors (Lipinski definition) is 0. The standard InChI is InChI=1S/C14H18N4O/c1-2-3-14(19)18-8-6-17(7-9-18)13-5-4-12(10-15)11-16-13/h4-5,11H,2-3,6-9H2,1H3. The molecule has 0 bridgehead atoms. The van der Waals surface area contributed by atoms with E-state index in [-0.39, 0.29) is 5.91 Å². The lowest BCUT2D eigenvalue weighted by Crippen LogP contribution is -2.49. The number of piperazine rings is 1. The lowest BCUT2D eigenvalue weighted by atomic mass is 10.2. The number of hydrogen-bond acceptors (Lipinski definition) is 4. The summed E-state index contributed by atoms with van der Waals surface area (Å²) in [4.78, 5) is 20.1. The second-order valence-corrected chi connectivity index (χ2v) is 4.63. The van der Waals surface area contributed by atoms with Crippen molar-refractivity contribution in [2.24, 2.45) is 0 Å². The van der Waals surface area contributed by atoms with Crippen molar-refractivity contribution in [2.75, 3.05) is 31.1 Å². The predicted molar refractivity (Wildman–Crippen MR) is 72.7 cm³/mol. The summed E-state index contributed by atoms with van der Waals surface area (Å²) in [7, 11) is 0. The van der Waals surface area contributed by atoms with Gasteiger partial charge in [0.2, 0.25) is 5.91 Å². The maximum Gasteiger partial charge on any atom is 0.222 e. The van der Waals surface area contributed by atoms with Crippen LogP contribution in [0, 0.1) is 11.3 Å². The molecule has 1 aliphatic heterocycles. The van der Waals surface area contributed by atoms with Gasteiger partial charge < -0.3 is 9.80 Å². The number of amides is 1. The van der Waals surface area contributed by atoms with Gasteiger partial charge in [-0.15, -0.1) is 0 Å². The summed E-state index contributed by atoms with van der Waals surface area (Å²) in [5.41, 5.74) is 0.570. The Bertz CT molecular complexity index is 469. The molecule has 0 spiro atoms. The number of aromatic nitrogens is 1. The number of carbonyl (C=O) groups excluding carboxylic acids is 1. The van der Waals surface area contributed by atoms with E-state index in [4.69, 9.17) is 5.26 Å². The van der Waals surface area contributed by atoms with E-state index in [2.05, 4.69) is 16.0 Å². The molecule has 19 heavy (non-hydrogen) atoms. The van der Waals surface area contributed by atoms with Crippen LogP contribution in [0.4, 0.5) is 5.82 Å². The second kappa shape index (κ2) is 6.19. The Kier molecular flexibility index (Phi) is 4.35. The third-order valence-corrected chi connectivity index (χ3v) is 3.30. The number of carbonyl (C=O) groups is 1. The molecule has 0 N–H and O–H groups in total. The van der Waals surface area contributed by atoms with Gasteiger partial charge >= 0.3 is 0 Å². The average molecular weight is 258 g/mol. The number of nitriles is 1. The van der Waals surface area contributed by atoms with Crippen molar-refractivity contribution >= 4 is 11.7 Å². The molecule has 2 rings (SSSR count). The number of rotatable bonds is 3. The number of pyridine rings is 1. The van der Waals surface area contributed by atoms with Crippen molar-refractivity contribution in [1.29, 1.82) is 5.26 Å². The van der Waals surface area contributed by atoms with Crippen molar-refractivity contribution in [3.63, 3.8) is 0 Å². The predicted octanol–water partition coefficient (Wildman–Crippen LogP) is 1.40. The van der Waals surface area contributed by atoms with Crippen molar-refractivity contribution in [3.8, 4) is 6.07 Å². The Hall–Kier alpha value is -2.09.